The van der Waals surface area contributed by atoms with Crippen molar-refractivity contribution in [3.63, 3.8) is 0 Å². The van der Waals surface area contributed by atoms with E-state index >= 15 is 0 Å². The van der Waals surface area contributed by atoms with Crippen molar-refractivity contribution in [3.8, 4) is 0 Å². The quantitative estimate of drug-likeness (QED) is 0.729. The SMILES string of the molecule is Cc1cc(C(C)C(=O)O)cc2c1[nH]c1ccccc12. The number of carbonyl (C=O) groups is 1. The van der Waals surface area contributed by atoms with Gasteiger partial charge < -0.3 is 10.1 Å². The first kappa shape index (κ1) is 11.8. The van der Waals surface area contributed by atoms with E-state index in [-0.39, 0.29) is 0 Å². The third-order valence-corrected chi connectivity index (χ3v) is 3.71. The number of fused-ring (bicyclic) bond motifs is 3. The highest BCUT2D eigenvalue weighted by molar-refractivity contribution is 6.08. The Morgan fingerprint density at radius 3 is 2.68 bits per heavy atom. The normalized spacial score (nSPS) is 12.9. The molecule has 0 fully saturated rings. The van der Waals surface area contributed by atoms with Gasteiger partial charge in [-0.05, 0) is 37.1 Å². The molecule has 0 saturated carbocycles. The maximum absolute atomic E-state index is 11.1. The van der Waals surface area contributed by atoms with E-state index in [4.69, 9.17) is 5.11 Å². The lowest BCUT2D eigenvalue weighted by Crippen LogP contribution is -2.07. The number of aryl methyl sites for hydroxylation is 1. The molecule has 0 bridgehead atoms. The molecule has 0 saturated heterocycles. The van der Waals surface area contributed by atoms with Crippen LogP contribution in [0.1, 0.15) is 24.0 Å². The van der Waals surface area contributed by atoms with Gasteiger partial charge in [0.05, 0.1) is 5.92 Å². The van der Waals surface area contributed by atoms with Gasteiger partial charge in [0.15, 0.2) is 0 Å². The molecule has 3 nitrogen and oxygen atoms in total. The number of aromatic amines is 1. The van der Waals surface area contributed by atoms with Crippen LogP contribution in [0.2, 0.25) is 0 Å². The van der Waals surface area contributed by atoms with Crippen molar-refractivity contribution >= 4 is 27.8 Å². The van der Waals surface area contributed by atoms with Gasteiger partial charge in [0.2, 0.25) is 0 Å². The van der Waals surface area contributed by atoms with Crippen LogP contribution in [0.4, 0.5) is 0 Å². The topological polar surface area (TPSA) is 53.1 Å². The van der Waals surface area contributed by atoms with Crippen LogP contribution in [-0.2, 0) is 4.79 Å². The second kappa shape index (κ2) is 4.12. The molecule has 0 spiro atoms. The fraction of sp³-hybridized carbons (Fsp3) is 0.188. The summed E-state index contributed by atoms with van der Waals surface area (Å²) in [5.41, 5.74) is 4.10. The molecule has 3 aromatic rings. The Morgan fingerprint density at radius 2 is 1.95 bits per heavy atom. The van der Waals surface area contributed by atoms with Crippen molar-refractivity contribution in [3.05, 3.63) is 47.5 Å². The van der Waals surface area contributed by atoms with Crippen LogP contribution in [0.15, 0.2) is 36.4 Å². The van der Waals surface area contributed by atoms with Crippen molar-refractivity contribution in [2.45, 2.75) is 19.8 Å². The Kier molecular flexibility index (Phi) is 2.56. The van der Waals surface area contributed by atoms with Gasteiger partial charge in [-0.3, -0.25) is 4.79 Å². The predicted molar refractivity (Wildman–Crippen MR) is 76.6 cm³/mol. The molecular weight excluding hydrogens is 238 g/mol. The van der Waals surface area contributed by atoms with Crippen molar-refractivity contribution in [1.82, 2.24) is 4.98 Å². The zero-order valence-electron chi connectivity index (χ0n) is 10.9. The van der Waals surface area contributed by atoms with Gasteiger partial charge in [0, 0.05) is 21.8 Å². The first-order chi connectivity index (χ1) is 9.08. The van der Waals surface area contributed by atoms with E-state index in [2.05, 4.69) is 11.1 Å². The van der Waals surface area contributed by atoms with E-state index < -0.39 is 11.9 Å². The summed E-state index contributed by atoms with van der Waals surface area (Å²) in [6.45, 7) is 3.73. The summed E-state index contributed by atoms with van der Waals surface area (Å²) in [5.74, 6) is -1.28. The monoisotopic (exact) mass is 253 g/mol. The van der Waals surface area contributed by atoms with Gasteiger partial charge in [-0.15, -0.1) is 0 Å². The molecule has 1 heterocycles. The van der Waals surface area contributed by atoms with Gasteiger partial charge in [-0.1, -0.05) is 24.3 Å². The van der Waals surface area contributed by atoms with Crippen LogP contribution in [-0.4, -0.2) is 16.1 Å². The summed E-state index contributed by atoms with van der Waals surface area (Å²) in [4.78, 5) is 14.5. The fourth-order valence-electron chi connectivity index (χ4n) is 2.55. The summed E-state index contributed by atoms with van der Waals surface area (Å²) in [5, 5.41) is 11.4. The number of H-pyrrole nitrogens is 1. The molecule has 0 aliphatic carbocycles. The van der Waals surface area contributed by atoms with Crippen molar-refractivity contribution < 1.29 is 9.90 Å². The summed E-state index contributed by atoms with van der Waals surface area (Å²) < 4.78 is 0. The Morgan fingerprint density at radius 1 is 1.21 bits per heavy atom. The third kappa shape index (κ3) is 1.78. The molecule has 2 N–H and O–H groups in total. The maximum atomic E-state index is 11.1. The minimum atomic E-state index is -0.793. The first-order valence-corrected chi connectivity index (χ1v) is 6.31. The van der Waals surface area contributed by atoms with E-state index in [1.54, 1.807) is 6.92 Å². The lowest BCUT2D eigenvalue weighted by Gasteiger charge is -2.08. The molecule has 0 aliphatic rings. The van der Waals surface area contributed by atoms with E-state index in [9.17, 15) is 4.79 Å². The molecule has 1 atom stereocenters. The molecular formula is C16H15NO2. The van der Waals surface area contributed by atoms with Crippen LogP contribution in [0.3, 0.4) is 0 Å². The summed E-state index contributed by atoms with van der Waals surface area (Å²) in [6.07, 6.45) is 0. The number of hydrogen-bond donors (Lipinski definition) is 2. The minimum absolute atomic E-state index is 0.489. The van der Waals surface area contributed by atoms with Crippen LogP contribution in [0, 0.1) is 6.92 Å². The number of aromatic nitrogens is 1. The minimum Gasteiger partial charge on any atom is -0.481 e. The highest BCUT2D eigenvalue weighted by Gasteiger charge is 2.16. The number of carboxylic acid groups (broad SMARTS) is 1. The van der Waals surface area contributed by atoms with Gasteiger partial charge in [0.25, 0.3) is 0 Å². The van der Waals surface area contributed by atoms with E-state index in [1.165, 1.54) is 0 Å². The molecule has 0 amide bonds. The molecule has 0 aliphatic heterocycles. The lowest BCUT2D eigenvalue weighted by molar-refractivity contribution is -0.138. The van der Waals surface area contributed by atoms with Crippen molar-refractivity contribution in [1.29, 1.82) is 0 Å². The summed E-state index contributed by atoms with van der Waals surface area (Å²) in [6, 6.07) is 12.0. The molecule has 3 rings (SSSR count). The Hall–Kier alpha value is -2.29. The molecule has 19 heavy (non-hydrogen) atoms. The highest BCUT2D eigenvalue weighted by Crippen LogP contribution is 2.30. The molecule has 1 unspecified atom stereocenters. The molecule has 96 valence electrons. The Bertz CT molecular complexity index is 786. The number of rotatable bonds is 2. The van der Waals surface area contributed by atoms with Crippen molar-refractivity contribution in [2.75, 3.05) is 0 Å². The number of hydrogen-bond acceptors (Lipinski definition) is 1. The second-order valence-corrected chi connectivity index (χ2v) is 4.99. The fourth-order valence-corrected chi connectivity index (χ4v) is 2.55. The van der Waals surface area contributed by atoms with E-state index in [0.717, 1.165) is 32.9 Å². The summed E-state index contributed by atoms with van der Waals surface area (Å²) >= 11 is 0. The zero-order chi connectivity index (χ0) is 13.6. The predicted octanol–water partition coefficient (Wildman–Crippen LogP) is 3.82. The largest absolute Gasteiger partial charge is 0.481 e. The standard InChI is InChI=1S/C16H15NO2/c1-9-7-11(10(2)16(18)19)8-13-12-5-3-4-6-14(12)17-15(9)13/h3-8,10,17H,1-2H3,(H,18,19). The Labute approximate surface area is 110 Å². The molecule has 0 radical (unpaired) electrons. The van der Waals surface area contributed by atoms with Gasteiger partial charge in [-0.25, -0.2) is 0 Å². The molecule has 2 aromatic carbocycles. The first-order valence-electron chi connectivity index (χ1n) is 6.31. The number of benzene rings is 2. The van der Waals surface area contributed by atoms with Crippen LogP contribution in [0.5, 0.6) is 0 Å². The Balaban J connectivity index is 2.35. The molecule has 1 aromatic heterocycles. The maximum Gasteiger partial charge on any atom is 0.310 e. The number of aliphatic carboxylic acids is 1. The highest BCUT2D eigenvalue weighted by atomic mass is 16.4. The number of nitrogens with one attached hydrogen (secondary N) is 1. The van der Waals surface area contributed by atoms with Gasteiger partial charge in [-0.2, -0.15) is 0 Å². The number of carboxylic acids is 1. The average Bonchev–Trinajstić information content (AvgIpc) is 2.77. The van der Waals surface area contributed by atoms with Crippen LogP contribution < -0.4 is 0 Å². The van der Waals surface area contributed by atoms with E-state index in [1.807, 2.05) is 37.3 Å². The van der Waals surface area contributed by atoms with Crippen LogP contribution >= 0.6 is 0 Å². The number of para-hydroxylation sites is 1. The third-order valence-electron chi connectivity index (χ3n) is 3.71. The smallest absolute Gasteiger partial charge is 0.310 e. The molecule has 3 heteroatoms. The zero-order valence-corrected chi connectivity index (χ0v) is 10.9. The van der Waals surface area contributed by atoms with Gasteiger partial charge in [0.1, 0.15) is 0 Å². The van der Waals surface area contributed by atoms with E-state index in [0.29, 0.717) is 0 Å². The second-order valence-electron chi connectivity index (χ2n) is 4.99. The average molecular weight is 253 g/mol. The van der Waals surface area contributed by atoms with Gasteiger partial charge >= 0.3 is 5.97 Å². The summed E-state index contributed by atoms with van der Waals surface area (Å²) in [7, 11) is 0. The van der Waals surface area contributed by atoms with Crippen LogP contribution in [0.25, 0.3) is 21.8 Å². The van der Waals surface area contributed by atoms with Crippen molar-refractivity contribution in [2.24, 2.45) is 0 Å². The lowest BCUT2D eigenvalue weighted by atomic mass is 9.96.